The van der Waals surface area contributed by atoms with E-state index in [1.54, 1.807) is 16.8 Å². The summed E-state index contributed by atoms with van der Waals surface area (Å²) < 4.78 is 1.59. The zero-order valence-corrected chi connectivity index (χ0v) is 12.4. The number of phenolic OH excluding ortho intramolecular Hbond substituents is 2. The van der Waals surface area contributed by atoms with Gasteiger partial charge >= 0.3 is 0 Å². The molecular formula is C17H15N3O3. The number of nitrogens with one attached hydrogen (secondary N) is 1. The average molecular weight is 309 g/mol. The number of carbonyl (C=O) groups is 1. The number of amides is 1. The monoisotopic (exact) mass is 309 g/mol. The fourth-order valence-electron chi connectivity index (χ4n) is 2.37. The predicted octanol–water partition coefficient (Wildman–Crippen LogP) is 2.83. The Hall–Kier alpha value is -3.28. The van der Waals surface area contributed by atoms with Crippen LogP contribution in [0.15, 0.2) is 48.5 Å². The van der Waals surface area contributed by atoms with Crippen molar-refractivity contribution in [2.45, 2.75) is 6.92 Å². The maximum absolute atomic E-state index is 10.8. The highest BCUT2D eigenvalue weighted by Crippen LogP contribution is 2.33. The van der Waals surface area contributed by atoms with Gasteiger partial charge in [-0.2, -0.15) is 5.10 Å². The third-order valence-corrected chi connectivity index (χ3v) is 3.42. The smallest absolute Gasteiger partial charge is 0.212 e. The zero-order chi connectivity index (χ0) is 16.4. The van der Waals surface area contributed by atoms with Crippen molar-refractivity contribution >= 4 is 12.2 Å². The van der Waals surface area contributed by atoms with Crippen LogP contribution in [0.5, 0.6) is 11.5 Å². The highest BCUT2D eigenvalue weighted by molar-refractivity contribution is 5.76. The van der Waals surface area contributed by atoms with E-state index < -0.39 is 0 Å². The summed E-state index contributed by atoms with van der Waals surface area (Å²) in [6.45, 7) is 1.96. The van der Waals surface area contributed by atoms with Crippen LogP contribution in [-0.4, -0.2) is 26.4 Å². The second-order valence-corrected chi connectivity index (χ2v) is 5.13. The Labute approximate surface area is 132 Å². The van der Waals surface area contributed by atoms with Gasteiger partial charge in [0.05, 0.1) is 11.4 Å². The summed E-state index contributed by atoms with van der Waals surface area (Å²) in [7, 11) is 0. The number of aromatic hydroxyl groups is 2. The molecule has 3 rings (SSSR count). The highest BCUT2D eigenvalue weighted by Gasteiger charge is 2.14. The molecule has 0 saturated heterocycles. The first-order valence-electron chi connectivity index (χ1n) is 6.98. The summed E-state index contributed by atoms with van der Waals surface area (Å²) in [5, 5.41) is 26.4. The van der Waals surface area contributed by atoms with Gasteiger partial charge in [0.2, 0.25) is 6.41 Å². The van der Waals surface area contributed by atoms with Crippen molar-refractivity contribution < 1.29 is 15.0 Å². The number of aromatic nitrogens is 2. The summed E-state index contributed by atoms with van der Waals surface area (Å²) >= 11 is 0. The topological polar surface area (TPSA) is 87.4 Å². The summed E-state index contributed by atoms with van der Waals surface area (Å²) in [4.78, 5) is 10.8. The first-order chi connectivity index (χ1) is 11.1. The number of rotatable bonds is 4. The lowest BCUT2D eigenvalue weighted by Gasteiger charge is -2.06. The molecule has 0 fully saturated rings. The molecule has 0 bridgehead atoms. The SMILES string of the molecule is Cc1cccc(-n2nc(-c3ccc(O)cc3O)cc2NC=O)c1. The van der Waals surface area contributed by atoms with E-state index in [1.165, 1.54) is 12.1 Å². The molecule has 0 unspecified atom stereocenters. The molecule has 0 atom stereocenters. The first kappa shape index (κ1) is 14.6. The third kappa shape index (κ3) is 2.87. The van der Waals surface area contributed by atoms with Gasteiger partial charge in [-0.15, -0.1) is 0 Å². The van der Waals surface area contributed by atoms with Gasteiger partial charge in [0.1, 0.15) is 17.3 Å². The van der Waals surface area contributed by atoms with E-state index in [0.717, 1.165) is 11.3 Å². The van der Waals surface area contributed by atoms with Crippen LogP contribution in [0.25, 0.3) is 16.9 Å². The van der Waals surface area contributed by atoms with E-state index in [1.807, 2.05) is 31.2 Å². The summed E-state index contributed by atoms with van der Waals surface area (Å²) in [5.74, 6) is 0.361. The summed E-state index contributed by atoms with van der Waals surface area (Å²) in [5.41, 5.74) is 2.79. The van der Waals surface area contributed by atoms with Crippen molar-refractivity contribution in [1.82, 2.24) is 9.78 Å². The molecule has 0 aliphatic heterocycles. The molecule has 0 saturated carbocycles. The number of benzene rings is 2. The largest absolute Gasteiger partial charge is 0.508 e. The summed E-state index contributed by atoms with van der Waals surface area (Å²) in [6.07, 6.45) is 0.573. The van der Waals surface area contributed by atoms with Crippen LogP contribution in [0.2, 0.25) is 0 Å². The Kier molecular flexibility index (Phi) is 3.72. The highest BCUT2D eigenvalue weighted by atomic mass is 16.3. The zero-order valence-electron chi connectivity index (χ0n) is 12.4. The quantitative estimate of drug-likeness (QED) is 0.647. The number of hydrogen-bond acceptors (Lipinski definition) is 4. The van der Waals surface area contributed by atoms with E-state index in [0.29, 0.717) is 23.5 Å². The van der Waals surface area contributed by atoms with Gasteiger partial charge in [-0.05, 0) is 36.8 Å². The van der Waals surface area contributed by atoms with Crippen LogP contribution in [0.1, 0.15) is 5.56 Å². The normalized spacial score (nSPS) is 10.5. The number of phenols is 2. The molecule has 3 aromatic rings. The fourth-order valence-corrected chi connectivity index (χ4v) is 2.37. The Morgan fingerprint density at radius 3 is 2.65 bits per heavy atom. The molecule has 3 N–H and O–H groups in total. The fraction of sp³-hybridized carbons (Fsp3) is 0.0588. The lowest BCUT2D eigenvalue weighted by atomic mass is 10.1. The number of anilines is 1. The molecule has 0 aliphatic carbocycles. The van der Waals surface area contributed by atoms with Gasteiger partial charge in [0.15, 0.2) is 0 Å². The molecule has 0 radical (unpaired) electrons. The molecule has 1 heterocycles. The molecule has 0 spiro atoms. The minimum Gasteiger partial charge on any atom is -0.508 e. The maximum Gasteiger partial charge on any atom is 0.212 e. The number of carbonyl (C=O) groups excluding carboxylic acids is 1. The minimum absolute atomic E-state index is 0.0318. The van der Waals surface area contributed by atoms with E-state index in [4.69, 9.17) is 0 Å². The van der Waals surface area contributed by atoms with Gasteiger partial charge in [0.25, 0.3) is 0 Å². The van der Waals surface area contributed by atoms with E-state index in [-0.39, 0.29) is 11.5 Å². The van der Waals surface area contributed by atoms with Gasteiger partial charge in [-0.3, -0.25) is 4.79 Å². The summed E-state index contributed by atoms with van der Waals surface area (Å²) in [6, 6.07) is 13.6. The number of nitrogens with zero attached hydrogens (tertiary/aromatic N) is 2. The number of hydrogen-bond donors (Lipinski definition) is 3. The van der Waals surface area contributed by atoms with Gasteiger partial charge in [0, 0.05) is 17.7 Å². The van der Waals surface area contributed by atoms with E-state index in [9.17, 15) is 15.0 Å². The molecule has 1 amide bonds. The average Bonchev–Trinajstić information content (AvgIpc) is 2.91. The van der Waals surface area contributed by atoms with Crippen LogP contribution < -0.4 is 5.32 Å². The Morgan fingerprint density at radius 2 is 1.96 bits per heavy atom. The lowest BCUT2D eigenvalue weighted by Crippen LogP contribution is -2.04. The molecule has 6 nitrogen and oxygen atoms in total. The van der Waals surface area contributed by atoms with E-state index >= 15 is 0 Å². The standard InChI is InChI=1S/C17H15N3O3/c1-11-3-2-4-12(7-11)20-17(18-10-21)9-15(19-20)14-6-5-13(22)8-16(14)23/h2-10,22-23H,1H3,(H,18,21). The van der Waals surface area contributed by atoms with E-state index in [2.05, 4.69) is 10.4 Å². The van der Waals surface area contributed by atoms with Crippen LogP contribution in [0.4, 0.5) is 5.82 Å². The Bertz CT molecular complexity index is 871. The second kappa shape index (κ2) is 5.84. The van der Waals surface area contributed by atoms with Crippen LogP contribution >= 0.6 is 0 Å². The van der Waals surface area contributed by atoms with Crippen molar-refractivity contribution in [3.8, 4) is 28.4 Å². The van der Waals surface area contributed by atoms with Crippen molar-refractivity contribution in [3.05, 3.63) is 54.1 Å². The lowest BCUT2D eigenvalue weighted by molar-refractivity contribution is -0.105. The van der Waals surface area contributed by atoms with Crippen molar-refractivity contribution in [3.63, 3.8) is 0 Å². The van der Waals surface area contributed by atoms with Gasteiger partial charge < -0.3 is 15.5 Å². The Balaban J connectivity index is 2.14. The second-order valence-electron chi connectivity index (χ2n) is 5.13. The molecular weight excluding hydrogens is 294 g/mol. The molecule has 6 heteroatoms. The predicted molar refractivity (Wildman–Crippen MR) is 86.8 cm³/mol. The number of aryl methyl sites for hydroxylation is 1. The van der Waals surface area contributed by atoms with Crippen LogP contribution in [0.3, 0.4) is 0 Å². The van der Waals surface area contributed by atoms with Gasteiger partial charge in [-0.25, -0.2) is 4.68 Å². The van der Waals surface area contributed by atoms with Crippen LogP contribution in [0, 0.1) is 6.92 Å². The molecule has 116 valence electrons. The third-order valence-electron chi connectivity index (χ3n) is 3.42. The van der Waals surface area contributed by atoms with Crippen LogP contribution in [-0.2, 0) is 4.79 Å². The van der Waals surface area contributed by atoms with Gasteiger partial charge in [-0.1, -0.05) is 12.1 Å². The first-order valence-corrected chi connectivity index (χ1v) is 6.98. The molecule has 1 aromatic heterocycles. The molecule has 2 aromatic carbocycles. The van der Waals surface area contributed by atoms with Crippen molar-refractivity contribution in [1.29, 1.82) is 0 Å². The maximum atomic E-state index is 10.8. The molecule has 23 heavy (non-hydrogen) atoms. The van der Waals surface area contributed by atoms with Crippen molar-refractivity contribution in [2.24, 2.45) is 0 Å². The Morgan fingerprint density at radius 1 is 1.13 bits per heavy atom. The minimum atomic E-state index is -0.0865. The molecule has 0 aliphatic rings. The van der Waals surface area contributed by atoms with Crippen molar-refractivity contribution in [2.75, 3.05) is 5.32 Å².